The third kappa shape index (κ3) is 5.25. The summed E-state index contributed by atoms with van der Waals surface area (Å²) in [5, 5.41) is 0. The molecule has 4 nitrogen and oxygen atoms in total. The van der Waals surface area contributed by atoms with Gasteiger partial charge in [0.25, 0.3) is 5.91 Å². The summed E-state index contributed by atoms with van der Waals surface area (Å²) in [7, 11) is 1.69. The lowest BCUT2D eigenvalue weighted by Gasteiger charge is -2.16. The van der Waals surface area contributed by atoms with Crippen molar-refractivity contribution in [3.8, 4) is 0 Å². The van der Waals surface area contributed by atoms with Crippen molar-refractivity contribution in [2.45, 2.75) is 19.1 Å². The van der Waals surface area contributed by atoms with Gasteiger partial charge < -0.3 is 9.64 Å². The number of amides is 1. The van der Waals surface area contributed by atoms with E-state index in [2.05, 4.69) is 0 Å². The van der Waals surface area contributed by atoms with Crippen molar-refractivity contribution in [1.82, 2.24) is 4.90 Å². The lowest BCUT2D eigenvalue weighted by molar-refractivity contribution is -0.143. The summed E-state index contributed by atoms with van der Waals surface area (Å²) in [6, 6.07) is 7.58. The summed E-state index contributed by atoms with van der Waals surface area (Å²) in [5.41, 5.74) is 1.84. The molecule has 0 saturated heterocycles. The van der Waals surface area contributed by atoms with Crippen LogP contribution in [0.5, 0.6) is 0 Å². The Morgan fingerprint density at radius 1 is 1.25 bits per heavy atom. The fourth-order valence-corrected chi connectivity index (χ4v) is 2.25. The van der Waals surface area contributed by atoms with E-state index in [1.807, 2.05) is 30.5 Å². The fourth-order valence-electron chi connectivity index (χ4n) is 1.72. The highest BCUT2D eigenvalue weighted by atomic mass is 32.2. The molecule has 0 heterocycles. The number of esters is 1. The molecule has 0 aliphatic carbocycles. The zero-order valence-corrected chi connectivity index (χ0v) is 13.0. The van der Waals surface area contributed by atoms with Gasteiger partial charge in [-0.25, -0.2) is 0 Å². The molecule has 0 unspecified atom stereocenters. The zero-order chi connectivity index (χ0) is 15.0. The molecule has 0 aliphatic heterocycles. The second-order valence-electron chi connectivity index (χ2n) is 4.41. The van der Waals surface area contributed by atoms with Crippen LogP contribution in [0.3, 0.4) is 0 Å². The molecular weight excluding hydrogens is 274 g/mol. The highest BCUT2D eigenvalue weighted by molar-refractivity contribution is 7.97. The summed E-state index contributed by atoms with van der Waals surface area (Å²) in [4.78, 5) is 25.0. The third-order valence-electron chi connectivity index (χ3n) is 2.82. The first-order valence-corrected chi connectivity index (χ1v) is 7.96. The highest BCUT2D eigenvalue weighted by Crippen LogP contribution is 2.12. The van der Waals surface area contributed by atoms with E-state index in [-0.39, 0.29) is 18.3 Å². The Balaban J connectivity index is 2.53. The van der Waals surface area contributed by atoms with Crippen LogP contribution in [0.4, 0.5) is 0 Å². The van der Waals surface area contributed by atoms with E-state index in [9.17, 15) is 9.59 Å². The van der Waals surface area contributed by atoms with Gasteiger partial charge >= 0.3 is 5.97 Å². The van der Waals surface area contributed by atoms with E-state index < -0.39 is 0 Å². The largest absolute Gasteiger partial charge is 0.466 e. The number of carbonyl (C=O) groups is 2. The van der Waals surface area contributed by atoms with Crippen LogP contribution in [-0.4, -0.2) is 43.2 Å². The predicted molar refractivity (Wildman–Crippen MR) is 81.9 cm³/mol. The van der Waals surface area contributed by atoms with Crippen LogP contribution in [0.2, 0.25) is 0 Å². The van der Waals surface area contributed by atoms with Crippen LogP contribution in [-0.2, 0) is 15.3 Å². The van der Waals surface area contributed by atoms with Crippen molar-refractivity contribution in [2.24, 2.45) is 0 Å². The Bertz CT molecular complexity index is 445. The normalized spacial score (nSPS) is 10.2. The van der Waals surface area contributed by atoms with Crippen molar-refractivity contribution in [1.29, 1.82) is 0 Å². The molecule has 0 N–H and O–H groups in total. The number of carbonyl (C=O) groups excluding carboxylic acids is 2. The minimum atomic E-state index is -0.275. The molecule has 0 spiro atoms. The van der Waals surface area contributed by atoms with Gasteiger partial charge in [0.15, 0.2) is 0 Å². The standard InChI is InChI=1S/C15H21NO3S/c1-4-19-14(17)9-10-16(2)15(18)13-7-5-12(6-8-13)11-20-3/h5-8H,4,9-11H2,1-3H3. The molecule has 0 atom stereocenters. The lowest BCUT2D eigenvalue weighted by Crippen LogP contribution is -2.29. The van der Waals surface area contributed by atoms with Crippen LogP contribution >= 0.6 is 11.8 Å². The number of hydrogen-bond acceptors (Lipinski definition) is 4. The molecule has 1 aromatic rings. The number of thioether (sulfide) groups is 1. The van der Waals surface area contributed by atoms with Gasteiger partial charge in [-0.15, -0.1) is 0 Å². The van der Waals surface area contributed by atoms with Crippen LogP contribution in [0.15, 0.2) is 24.3 Å². The van der Waals surface area contributed by atoms with Crippen molar-refractivity contribution in [3.05, 3.63) is 35.4 Å². The van der Waals surface area contributed by atoms with Gasteiger partial charge in [0.1, 0.15) is 0 Å². The quantitative estimate of drug-likeness (QED) is 0.725. The van der Waals surface area contributed by atoms with E-state index in [0.717, 1.165) is 5.75 Å². The second-order valence-corrected chi connectivity index (χ2v) is 5.28. The van der Waals surface area contributed by atoms with Gasteiger partial charge in [0, 0.05) is 24.9 Å². The Kier molecular flexibility index (Phi) is 7.15. The lowest BCUT2D eigenvalue weighted by atomic mass is 10.1. The van der Waals surface area contributed by atoms with E-state index in [1.54, 1.807) is 30.6 Å². The Morgan fingerprint density at radius 2 is 1.90 bits per heavy atom. The molecule has 0 aromatic heterocycles. The van der Waals surface area contributed by atoms with Gasteiger partial charge in [-0.3, -0.25) is 9.59 Å². The maximum Gasteiger partial charge on any atom is 0.307 e. The van der Waals surface area contributed by atoms with Gasteiger partial charge in [0.2, 0.25) is 0 Å². The minimum absolute atomic E-state index is 0.0787. The number of nitrogens with zero attached hydrogens (tertiary/aromatic N) is 1. The molecule has 1 amide bonds. The van der Waals surface area contributed by atoms with Crippen LogP contribution in [0.25, 0.3) is 0 Å². The first-order chi connectivity index (χ1) is 9.58. The number of ether oxygens (including phenoxy) is 1. The smallest absolute Gasteiger partial charge is 0.307 e. The SMILES string of the molecule is CCOC(=O)CCN(C)C(=O)c1ccc(CSC)cc1. The summed E-state index contributed by atoms with van der Waals surface area (Å²) in [5.74, 6) is 0.583. The summed E-state index contributed by atoms with van der Waals surface area (Å²) < 4.78 is 4.84. The Labute approximate surface area is 124 Å². The maximum absolute atomic E-state index is 12.2. The number of benzene rings is 1. The molecule has 0 saturated carbocycles. The first-order valence-electron chi connectivity index (χ1n) is 6.57. The van der Waals surface area contributed by atoms with E-state index in [4.69, 9.17) is 4.74 Å². The van der Waals surface area contributed by atoms with Crippen molar-refractivity contribution >= 4 is 23.6 Å². The molecule has 20 heavy (non-hydrogen) atoms. The Morgan fingerprint density at radius 3 is 2.45 bits per heavy atom. The fraction of sp³-hybridized carbons (Fsp3) is 0.467. The van der Waals surface area contributed by atoms with Crippen molar-refractivity contribution in [3.63, 3.8) is 0 Å². The molecule has 5 heteroatoms. The van der Waals surface area contributed by atoms with Gasteiger partial charge in [-0.2, -0.15) is 11.8 Å². The maximum atomic E-state index is 12.2. The minimum Gasteiger partial charge on any atom is -0.466 e. The van der Waals surface area contributed by atoms with E-state index in [0.29, 0.717) is 18.7 Å². The molecule has 110 valence electrons. The first kappa shape index (κ1) is 16.6. The van der Waals surface area contributed by atoms with Crippen molar-refractivity contribution in [2.75, 3.05) is 26.5 Å². The van der Waals surface area contributed by atoms with Crippen LogP contribution in [0.1, 0.15) is 29.3 Å². The molecular formula is C15H21NO3S. The Hall–Kier alpha value is -1.49. The molecule has 0 fully saturated rings. The molecule has 0 radical (unpaired) electrons. The molecule has 0 bridgehead atoms. The molecule has 1 rings (SSSR count). The zero-order valence-electron chi connectivity index (χ0n) is 12.2. The van der Waals surface area contributed by atoms with Gasteiger partial charge in [0.05, 0.1) is 13.0 Å². The van der Waals surface area contributed by atoms with Gasteiger partial charge in [-0.1, -0.05) is 12.1 Å². The monoisotopic (exact) mass is 295 g/mol. The van der Waals surface area contributed by atoms with Gasteiger partial charge in [-0.05, 0) is 30.9 Å². The number of rotatable bonds is 7. The second kappa shape index (κ2) is 8.64. The van der Waals surface area contributed by atoms with E-state index in [1.165, 1.54) is 5.56 Å². The molecule has 1 aromatic carbocycles. The summed E-state index contributed by atoms with van der Waals surface area (Å²) >= 11 is 1.74. The summed E-state index contributed by atoms with van der Waals surface area (Å²) in [6.45, 7) is 2.50. The van der Waals surface area contributed by atoms with E-state index >= 15 is 0 Å². The van der Waals surface area contributed by atoms with Crippen LogP contribution < -0.4 is 0 Å². The average molecular weight is 295 g/mol. The molecule has 0 aliphatic rings. The number of hydrogen-bond donors (Lipinski definition) is 0. The van der Waals surface area contributed by atoms with Crippen molar-refractivity contribution < 1.29 is 14.3 Å². The highest BCUT2D eigenvalue weighted by Gasteiger charge is 2.13. The predicted octanol–water partition coefficient (Wildman–Crippen LogP) is 2.57. The van der Waals surface area contributed by atoms with Crippen LogP contribution in [0, 0.1) is 0 Å². The third-order valence-corrected chi connectivity index (χ3v) is 3.44. The average Bonchev–Trinajstić information content (AvgIpc) is 2.45. The topological polar surface area (TPSA) is 46.6 Å². The summed E-state index contributed by atoms with van der Waals surface area (Å²) in [6.07, 6.45) is 2.27.